The highest BCUT2D eigenvalue weighted by Gasteiger charge is 2.59. The monoisotopic (exact) mass is 497 g/mol. The topological polar surface area (TPSA) is 158 Å². The maximum Gasteiger partial charge on any atom is 0.255 e. The average molecular weight is 498 g/mol. The smallest absolute Gasteiger partial charge is 0.255 e. The summed E-state index contributed by atoms with van der Waals surface area (Å²) in [6, 6.07) is 0. The molecule has 1 fully saturated rings. The predicted molar refractivity (Wildman–Crippen MR) is 126 cm³/mol. The summed E-state index contributed by atoms with van der Waals surface area (Å²) < 4.78 is 14.2. The van der Waals surface area contributed by atoms with Crippen molar-refractivity contribution >= 4 is 17.5 Å². The molecule has 0 bridgehead atoms. The molecule has 5 aliphatic rings. The summed E-state index contributed by atoms with van der Waals surface area (Å²) in [5.41, 5.74) is 4.70. The molecule has 0 radical (unpaired) electrons. The van der Waals surface area contributed by atoms with Gasteiger partial charge in [-0.3, -0.25) is 14.4 Å². The minimum atomic E-state index is -2.50. The van der Waals surface area contributed by atoms with Crippen LogP contribution in [0.3, 0.4) is 0 Å². The van der Waals surface area contributed by atoms with Crippen LogP contribution in [-0.4, -0.2) is 49.6 Å². The van der Waals surface area contributed by atoms with Gasteiger partial charge in [-0.05, 0) is 53.9 Å². The number of aliphatic hydroxyl groups is 4. The summed E-state index contributed by atoms with van der Waals surface area (Å²) in [5, 5.41) is 43.9. The van der Waals surface area contributed by atoms with Crippen molar-refractivity contribution in [3.63, 3.8) is 0 Å². The lowest BCUT2D eigenvalue weighted by Gasteiger charge is -2.48. The fourth-order valence-corrected chi connectivity index (χ4v) is 6.52. The molecular weight excluding hydrogens is 469 g/mol. The van der Waals surface area contributed by atoms with E-state index in [1.165, 1.54) is 6.08 Å². The van der Waals surface area contributed by atoms with Gasteiger partial charge < -0.3 is 26.2 Å². The molecule has 0 spiro atoms. The quantitative estimate of drug-likeness (QED) is 0.375. The maximum absolute atomic E-state index is 14.2. The van der Waals surface area contributed by atoms with Crippen molar-refractivity contribution in [2.45, 2.75) is 57.2 Å². The molecule has 1 amide bonds. The van der Waals surface area contributed by atoms with Crippen LogP contribution in [0.15, 0.2) is 69.0 Å². The Morgan fingerprint density at radius 1 is 1.19 bits per heavy atom. The van der Waals surface area contributed by atoms with E-state index in [4.69, 9.17) is 5.73 Å². The molecule has 8 nitrogen and oxygen atoms in total. The number of carbonyl (C=O) groups excluding carboxylic acids is 3. The number of rotatable bonds is 3. The SMILES string of the molecule is CCC1=C(F)CCC(C2=C3C[C@H]4C[C@H]5CC(=O)C(C(N)=O)=C(O)[C@@]5(O)C(O)=C4C(=O)C3C(O)C=C2)=C1. The van der Waals surface area contributed by atoms with Crippen molar-refractivity contribution in [1.82, 2.24) is 0 Å². The molecule has 5 aliphatic carbocycles. The maximum atomic E-state index is 14.2. The predicted octanol–water partition coefficient (Wildman–Crippen LogP) is 2.61. The molecule has 9 heteroatoms. The normalized spacial score (nSPS) is 34.5. The number of allylic oxidation sites excluding steroid dienone is 7. The second-order valence-electron chi connectivity index (χ2n) is 10.2. The first-order valence-corrected chi connectivity index (χ1v) is 12.1. The van der Waals surface area contributed by atoms with Gasteiger partial charge in [-0.2, -0.15) is 0 Å². The van der Waals surface area contributed by atoms with Crippen LogP contribution in [0.4, 0.5) is 4.39 Å². The molecule has 5 rings (SSSR count). The molecule has 0 aliphatic heterocycles. The Bertz CT molecular complexity index is 1300. The van der Waals surface area contributed by atoms with Crippen LogP contribution in [0.1, 0.15) is 45.4 Å². The molecule has 36 heavy (non-hydrogen) atoms. The van der Waals surface area contributed by atoms with Crippen LogP contribution in [0.25, 0.3) is 0 Å². The number of aliphatic hydroxyl groups excluding tert-OH is 3. The number of hydrogen-bond donors (Lipinski definition) is 5. The van der Waals surface area contributed by atoms with Crippen LogP contribution in [0, 0.1) is 17.8 Å². The van der Waals surface area contributed by atoms with Crippen molar-refractivity contribution in [2.24, 2.45) is 23.5 Å². The molecule has 0 aromatic heterocycles. The van der Waals surface area contributed by atoms with Gasteiger partial charge in [-0.1, -0.05) is 25.2 Å². The Kier molecular flexibility index (Phi) is 5.68. The summed E-state index contributed by atoms with van der Waals surface area (Å²) in [4.78, 5) is 38.0. The fourth-order valence-electron chi connectivity index (χ4n) is 6.52. The molecule has 0 aromatic rings. The number of nitrogens with two attached hydrogens (primary N) is 1. The second kappa shape index (κ2) is 8.38. The number of fused-ring (bicyclic) bond motifs is 3. The zero-order valence-electron chi connectivity index (χ0n) is 19.8. The minimum Gasteiger partial charge on any atom is -0.508 e. The third kappa shape index (κ3) is 3.29. The third-order valence-electron chi connectivity index (χ3n) is 8.31. The van der Waals surface area contributed by atoms with Gasteiger partial charge in [0.1, 0.15) is 22.9 Å². The number of hydrogen-bond acceptors (Lipinski definition) is 7. The van der Waals surface area contributed by atoms with Gasteiger partial charge >= 0.3 is 0 Å². The van der Waals surface area contributed by atoms with E-state index >= 15 is 0 Å². The van der Waals surface area contributed by atoms with E-state index in [1.807, 2.05) is 6.92 Å². The highest BCUT2D eigenvalue weighted by atomic mass is 19.1. The summed E-state index contributed by atoms with van der Waals surface area (Å²) in [6.07, 6.45) is 5.08. The number of Topliss-reactive ketones (excluding diaryl/α,β-unsaturated/α-hetero) is 2. The third-order valence-corrected chi connectivity index (χ3v) is 8.31. The van der Waals surface area contributed by atoms with Crippen molar-refractivity contribution in [3.05, 3.63) is 69.0 Å². The van der Waals surface area contributed by atoms with Gasteiger partial charge in [-0.25, -0.2) is 4.39 Å². The molecule has 0 saturated heterocycles. The zero-order chi connectivity index (χ0) is 26.1. The molecule has 1 saturated carbocycles. The Labute approximate surface area is 206 Å². The van der Waals surface area contributed by atoms with Crippen LogP contribution < -0.4 is 5.73 Å². The van der Waals surface area contributed by atoms with Crippen molar-refractivity contribution < 1.29 is 39.2 Å². The van der Waals surface area contributed by atoms with Crippen LogP contribution in [-0.2, 0) is 14.4 Å². The molecular formula is C27H28FNO7. The van der Waals surface area contributed by atoms with Crippen LogP contribution >= 0.6 is 0 Å². The standard InChI is InChI=1S/C27H28FNO7/c1-2-11-7-12(3-5-17(11)28)15-4-6-18(30)21-16(15)9-13-8-14-10-19(31)22(26(29)35)25(34)27(14,36)24(33)20(13)23(21)32/h4,6-7,13-14,18,21,30,33-34,36H,2-3,5,8-10H2,1H3,(H2,29,35)/t13-,14+,18?,21?,27+/m1/s1. The molecule has 6 N–H and O–H groups in total. The van der Waals surface area contributed by atoms with E-state index < -0.39 is 64.0 Å². The van der Waals surface area contributed by atoms with Gasteiger partial charge in [0, 0.05) is 24.3 Å². The Morgan fingerprint density at radius 3 is 2.58 bits per heavy atom. The second-order valence-corrected chi connectivity index (χ2v) is 10.2. The van der Waals surface area contributed by atoms with E-state index in [2.05, 4.69) is 0 Å². The lowest BCUT2D eigenvalue weighted by Crippen LogP contribution is -2.55. The largest absolute Gasteiger partial charge is 0.508 e. The molecule has 5 atom stereocenters. The molecule has 0 aromatic carbocycles. The van der Waals surface area contributed by atoms with E-state index in [9.17, 15) is 39.2 Å². The average Bonchev–Trinajstić information content (AvgIpc) is 2.82. The first-order chi connectivity index (χ1) is 17.0. The summed E-state index contributed by atoms with van der Waals surface area (Å²) in [5.74, 6) is -7.17. The number of halogens is 1. The fraction of sp³-hybridized carbons (Fsp3) is 0.444. The Morgan fingerprint density at radius 2 is 1.92 bits per heavy atom. The van der Waals surface area contributed by atoms with Crippen LogP contribution in [0.2, 0.25) is 0 Å². The van der Waals surface area contributed by atoms with E-state index in [-0.39, 0.29) is 37.1 Å². The Hall–Kier alpha value is -3.30. The van der Waals surface area contributed by atoms with E-state index in [0.717, 1.165) is 11.1 Å². The summed E-state index contributed by atoms with van der Waals surface area (Å²) in [6.45, 7) is 1.86. The lowest BCUT2D eigenvalue weighted by atomic mass is 9.58. The first kappa shape index (κ1) is 24.4. The molecule has 190 valence electrons. The van der Waals surface area contributed by atoms with Crippen molar-refractivity contribution in [2.75, 3.05) is 0 Å². The van der Waals surface area contributed by atoms with Gasteiger partial charge in [0.2, 0.25) is 0 Å². The summed E-state index contributed by atoms with van der Waals surface area (Å²) >= 11 is 0. The van der Waals surface area contributed by atoms with Gasteiger partial charge in [-0.15, -0.1) is 0 Å². The van der Waals surface area contributed by atoms with Crippen molar-refractivity contribution in [3.8, 4) is 0 Å². The van der Waals surface area contributed by atoms with E-state index in [0.29, 0.717) is 24.0 Å². The number of ketones is 2. The van der Waals surface area contributed by atoms with Gasteiger partial charge in [0.15, 0.2) is 17.2 Å². The number of amides is 1. The van der Waals surface area contributed by atoms with Crippen molar-refractivity contribution in [1.29, 1.82) is 0 Å². The highest BCUT2D eigenvalue weighted by molar-refractivity contribution is 6.20. The first-order valence-electron chi connectivity index (χ1n) is 12.1. The van der Waals surface area contributed by atoms with Gasteiger partial charge in [0.25, 0.3) is 5.91 Å². The summed E-state index contributed by atoms with van der Waals surface area (Å²) in [7, 11) is 0. The van der Waals surface area contributed by atoms with Gasteiger partial charge in [0.05, 0.1) is 12.0 Å². The van der Waals surface area contributed by atoms with Crippen LogP contribution in [0.5, 0.6) is 0 Å². The molecule has 2 unspecified atom stereocenters. The minimum absolute atomic E-state index is 0.0839. The molecule has 0 heterocycles. The number of primary amides is 1. The lowest BCUT2D eigenvalue weighted by molar-refractivity contribution is -0.129. The van der Waals surface area contributed by atoms with E-state index in [1.54, 1.807) is 12.2 Å². The number of carbonyl (C=O) groups is 3. The highest BCUT2D eigenvalue weighted by Crippen LogP contribution is 2.54. The Balaban J connectivity index is 1.64. The zero-order valence-corrected chi connectivity index (χ0v) is 19.8.